The molecule has 5 heteroatoms. The summed E-state index contributed by atoms with van der Waals surface area (Å²) < 4.78 is 27.0. The van der Waals surface area contributed by atoms with Crippen LogP contribution in [0.3, 0.4) is 0 Å². The van der Waals surface area contributed by atoms with E-state index in [-0.39, 0.29) is 6.54 Å². The first-order chi connectivity index (χ1) is 5.98. The molecule has 0 amide bonds. The Morgan fingerprint density at radius 1 is 1.38 bits per heavy atom. The highest BCUT2D eigenvalue weighted by Crippen LogP contribution is 1.88. The van der Waals surface area contributed by atoms with Crippen molar-refractivity contribution in [3.8, 4) is 12.3 Å². The molecule has 0 aromatic carbocycles. The zero-order valence-corrected chi connectivity index (χ0v) is 8.82. The van der Waals surface area contributed by atoms with Crippen LogP contribution in [0.25, 0.3) is 0 Å². The molecule has 0 aliphatic carbocycles. The highest BCUT2D eigenvalue weighted by Gasteiger charge is 2.07. The van der Waals surface area contributed by atoms with Gasteiger partial charge in [-0.05, 0) is 5.92 Å². The molecular formula is C8H16N2O2S. The second-order valence-corrected chi connectivity index (χ2v) is 4.68. The molecule has 4 nitrogen and oxygen atoms in total. The normalized spacial score (nSPS) is 11.5. The Labute approximate surface area is 80.3 Å². The SMILES string of the molecule is C#CCCNS(=O)(=O)NCC(C)C. The lowest BCUT2D eigenvalue weighted by molar-refractivity contribution is 0.548. The van der Waals surface area contributed by atoms with E-state index in [9.17, 15) is 8.42 Å². The standard InChI is InChI=1S/C8H16N2O2S/c1-4-5-6-9-13(11,12)10-7-8(2)3/h1,8-10H,5-7H2,2-3H3. The molecule has 0 heterocycles. The molecular weight excluding hydrogens is 188 g/mol. The summed E-state index contributed by atoms with van der Waals surface area (Å²) in [6.07, 6.45) is 5.38. The first kappa shape index (κ1) is 12.4. The molecule has 0 rings (SSSR count). The average Bonchev–Trinajstić information content (AvgIpc) is 2.02. The van der Waals surface area contributed by atoms with E-state index in [0.29, 0.717) is 18.9 Å². The Bertz CT molecular complexity index is 264. The lowest BCUT2D eigenvalue weighted by Crippen LogP contribution is -2.38. The molecule has 0 unspecified atom stereocenters. The molecule has 2 N–H and O–H groups in total. The van der Waals surface area contributed by atoms with Gasteiger partial charge in [-0.2, -0.15) is 8.42 Å². The Balaban J connectivity index is 3.76. The second-order valence-electron chi connectivity index (χ2n) is 3.09. The van der Waals surface area contributed by atoms with Gasteiger partial charge in [-0.3, -0.25) is 0 Å². The van der Waals surface area contributed by atoms with Crippen molar-refractivity contribution in [2.45, 2.75) is 20.3 Å². The zero-order valence-electron chi connectivity index (χ0n) is 8.00. The molecule has 76 valence electrons. The third-order valence-electron chi connectivity index (χ3n) is 1.24. The Hall–Kier alpha value is -0.570. The van der Waals surface area contributed by atoms with Crippen molar-refractivity contribution in [1.82, 2.24) is 9.44 Å². The molecule has 0 atom stereocenters. The molecule has 0 aromatic heterocycles. The minimum atomic E-state index is -3.34. The molecule has 0 fully saturated rings. The molecule has 0 aromatic rings. The van der Waals surface area contributed by atoms with Gasteiger partial charge in [-0.25, -0.2) is 9.44 Å². The van der Waals surface area contributed by atoms with E-state index in [1.54, 1.807) is 0 Å². The van der Waals surface area contributed by atoms with E-state index in [1.807, 2.05) is 13.8 Å². The van der Waals surface area contributed by atoms with Gasteiger partial charge < -0.3 is 0 Å². The minimum Gasteiger partial charge on any atom is -0.202 e. The van der Waals surface area contributed by atoms with Crippen LogP contribution in [-0.4, -0.2) is 21.5 Å². The van der Waals surface area contributed by atoms with Crippen LogP contribution in [0.4, 0.5) is 0 Å². The van der Waals surface area contributed by atoms with Gasteiger partial charge in [-0.1, -0.05) is 13.8 Å². The molecule has 0 radical (unpaired) electrons. The largest absolute Gasteiger partial charge is 0.276 e. The fraction of sp³-hybridized carbons (Fsp3) is 0.750. The summed E-state index contributed by atoms with van der Waals surface area (Å²) in [6.45, 7) is 4.59. The quantitative estimate of drug-likeness (QED) is 0.476. The summed E-state index contributed by atoms with van der Waals surface area (Å²) >= 11 is 0. The third kappa shape index (κ3) is 7.78. The monoisotopic (exact) mass is 204 g/mol. The lowest BCUT2D eigenvalue weighted by atomic mass is 10.2. The summed E-state index contributed by atoms with van der Waals surface area (Å²) in [5, 5.41) is 0. The Morgan fingerprint density at radius 2 is 2.00 bits per heavy atom. The van der Waals surface area contributed by atoms with Gasteiger partial charge in [0.25, 0.3) is 10.2 Å². The first-order valence-corrected chi connectivity index (χ1v) is 5.64. The van der Waals surface area contributed by atoms with Gasteiger partial charge >= 0.3 is 0 Å². The average molecular weight is 204 g/mol. The fourth-order valence-corrected chi connectivity index (χ4v) is 1.61. The predicted octanol–water partition coefficient (Wildman–Crippen LogP) is 0.0897. The van der Waals surface area contributed by atoms with Crippen molar-refractivity contribution < 1.29 is 8.42 Å². The van der Waals surface area contributed by atoms with Crippen LogP contribution >= 0.6 is 0 Å². The smallest absolute Gasteiger partial charge is 0.202 e. The molecule has 0 aliphatic rings. The van der Waals surface area contributed by atoms with Crippen molar-refractivity contribution in [1.29, 1.82) is 0 Å². The maximum Gasteiger partial charge on any atom is 0.276 e. The van der Waals surface area contributed by atoms with Crippen LogP contribution < -0.4 is 9.44 Å². The number of terminal acetylenes is 1. The van der Waals surface area contributed by atoms with Crippen molar-refractivity contribution in [3.63, 3.8) is 0 Å². The Morgan fingerprint density at radius 3 is 2.46 bits per heavy atom. The number of hydrogen-bond acceptors (Lipinski definition) is 2. The van der Waals surface area contributed by atoms with Crippen molar-refractivity contribution >= 4 is 10.2 Å². The van der Waals surface area contributed by atoms with Crippen LogP contribution in [0.5, 0.6) is 0 Å². The van der Waals surface area contributed by atoms with Crippen molar-refractivity contribution in [2.24, 2.45) is 5.92 Å². The predicted molar refractivity (Wildman–Crippen MR) is 53.2 cm³/mol. The van der Waals surface area contributed by atoms with Crippen LogP contribution in [0.1, 0.15) is 20.3 Å². The molecule has 0 saturated heterocycles. The number of nitrogens with one attached hydrogen (secondary N) is 2. The molecule has 13 heavy (non-hydrogen) atoms. The van der Waals surface area contributed by atoms with Gasteiger partial charge in [0, 0.05) is 19.5 Å². The zero-order chi connectivity index (χ0) is 10.3. The van der Waals surface area contributed by atoms with Crippen LogP contribution in [0, 0.1) is 18.3 Å². The second kappa shape index (κ2) is 5.97. The maximum absolute atomic E-state index is 11.1. The third-order valence-corrected chi connectivity index (χ3v) is 2.37. The van der Waals surface area contributed by atoms with Crippen LogP contribution in [-0.2, 0) is 10.2 Å². The highest BCUT2D eigenvalue weighted by atomic mass is 32.2. The molecule has 0 bridgehead atoms. The lowest BCUT2D eigenvalue weighted by Gasteiger charge is -2.08. The highest BCUT2D eigenvalue weighted by molar-refractivity contribution is 7.87. The fourth-order valence-electron chi connectivity index (χ4n) is 0.585. The maximum atomic E-state index is 11.1. The van der Waals surface area contributed by atoms with E-state index < -0.39 is 10.2 Å². The van der Waals surface area contributed by atoms with E-state index in [0.717, 1.165) is 0 Å². The van der Waals surface area contributed by atoms with Gasteiger partial charge in [0.2, 0.25) is 0 Å². The number of rotatable bonds is 6. The van der Waals surface area contributed by atoms with E-state index >= 15 is 0 Å². The van der Waals surface area contributed by atoms with Gasteiger partial charge in [-0.15, -0.1) is 12.3 Å². The summed E-state index contributed by atoms with van der Waals surface area (Å²) in [7, 11) is -3.34. The molecule has 0 spiro atoms. The minimum absolute atomic E-state index is 0.282. The Kier molecular flexibility index (Phi) is 5.71. The van der Waals surface area contributed by atoms with Gasteiger partial charge in [0.1, 0.15) is 0 Å². The molecule has 0 aliphatic heterocycles. The van der Waals surface area contributed by atoms with Crippen molar-refractivity contribution in [3.05, 3.63) is 0 Å². The topological polar surface area (TPSA) is 58.2 Å². The summed E-state index contributed by atoms with van der Waals surface area (Å²) in [5.41, 5.74) is 0. The van der Waals surface area contributed by atoms with E-state index in [2.05, 4.69) is 15.4 Å². The van der Waals surface area contributed by atoms with Gasteiger partial charge in [0.05, 0.1) is 0 Å². The van der Waals surface area contributed by atoms with Crippen LogP contribution in [0.2, 0.25) is 0 Å². The number of hydrogen-bond donors (Lipinski definition) is 2. The van der Waals surface area contributed by atoms with E-state index in [4.69, 9.17) is 6.42 Å². The molecule has 0 saturated carbocycles. The summed E-state index contributed by atoms with van der Waals surface area (Å²) in [5.74, 6) is 2.65. The summed E-state index contributed by atoms with van der Waals surface area (Å²) in [4.78, 5) is 0. The van der Waals surface area contributed by atoms with Crippen LogP contribution in [0.15, 0.2) is 0 Å². The van der Waals surface area contributed by atoms with Gasteiger partial charge in [0.15, 0.2) is 0 Å². The van der Waals surface area contributed by atoms with E-state index in [1.165, 1.54) is 0 Å². The summed E-state index contributed by atoms with van der Waals surface area (Å²) in [6, 6.07) is 0. The first-order valence-electron chi connectivity index (χ1n) is 4.15. The van der Waals surface area contributed by atoms with Crippen molar-refractivity contribution in [2.75, 3.05) is 13.1 Å².